The lowest BCUT2D eigenvalue weighted by atomic mass is 9.55. The van der Waals surface area contributed by atoms with Crippen LogP contribution in [0.5, 0.6) is 17.2 Å². The summed E-state index contributed by atoms with van der Waals surface area (Å²) in [5.41, 5.74) is 4.05. The number of hydrogen-bond donors (Lipinski definition) is 3. The van der Waals surface area contributed by atoms with Crippen LogP contribution in [0.25, 0.3) is 0 Å². The maximum atomic E-state index is 14.6. The van der Waals surface area contributed by atoms with E-state index in [0.717, 1.165) is 61.5 Å². The average molecular weight is 837 g/mol. The lowest BCUT2D eigenvalue weighted by Gasteiger charge is -2.60. The third-order valence-electron chi connectivity index (χ3n) is 12.4. The molecule has 61 heavy (non-hydrogen) atoms. The van der Waals surface area contributed by atoms with Gasteiger partial charge in [-0.3, -0.25) is 9.59 Å². The molecule has 12 heteroatoms. The van der Waals surface area contributed by atoms with Crippen molar-refractivity contribution in [1.82, 2.24) is 4.90 Å². The molecule has 326 valence electrons. The van der Waals surface area contributed by atoms with Crippen LogP contribution in [0.1, 0.15) is 85.2 Å². The number of carbonyl (C=O) groups is 2. The maximum Gasteiger partial charge on any atom is 0.239 e. The predicted molar refractivity (Wildman–Crippen MR) is 230 cm³/mol. The second-order valence-corrected chi connectivity index (χ2v) is 16.5. The van der Waals surface area contributed by atoms with Crippen molar-refractivity contribution in [3.8, 4) is 17.2 Å². The molecule has 3 aromatic carbocycles. The van der Waals surface area contributed by atoms with Crippen molar-refractivity contribution in [2.75, 3.05) is 46.2 Å². The molecule has 0 aromatic heterocycles. The number of benzene rings is 3. The summed E-state index contributed by atoms with van der Waals surface area (Å²) in [7, 11) is 0. The van der Waals surface area contributed by atoms with Gasteiger partial charge in [-0.1, -0.05) is 72.6 Å². The monoisotopic (exact) mass is 836 g/mol. The van der Waals surface area contributed by atoms with Crippen LogP contribution in [-0.4, -0.2) is 96.1 Å². The Morgan fingerprint density at radius 1 is 0.918 bits per heavy atom. The molecular weight excluding hydrogens is 777 g/mol. The summed E-state index contributed by atoms with van der Waals surface area (Å²) in [6, 6.07) is 22.0. The number of allylic oxidation sites excluding steroid dienone is 1. The summed E-state index contributed by atoms with van der Waals surface area (Å²) >= 11 is 0. The molecule has 1 amide bonds. The van der Waals surface area contributed by atoms with E-state index in [0.29, 0.717) is 41.4 Å². The first-order valence-electron chi connectivity index (χ1n) is 21.9. The van der Waals surface area contributed by atoms with E-state index in [1.165, 1.54) is 0 Å². The molecule has 0 radical (unpaired) electrons. The lowest BCUT2D eigenvalue weighted by Crippen LogP contribution is -2.70. The number of carbonyl (C=O) groups excluding carboxylic acids is 2. The standard InChI is InChI=1S/C49H60N2O10/c1-2-25-58-49-45(51(21-26-57-27-24-54)48(56)36-17-18-36)31-43(50-59-33-34-11-4-3-5-12-34)41-29-37(14-6-8-22-52)40(16-7-9-23-53)46(47(41)49)42-30-39(19-20-44(42)61-49)60-38-15-10-13-35(28-38)32-55/h2-5,10-13,15,19-20,28-30,32,36-37,40,45-47,52-54H,1,6-9,14,16-18,21-27,31,33H2. The second-order valence-electron chi connectivity index (χ2n) is 16.5. The number of hydrogen-bond acceptors (Lipinski definition) is 11. The van der Waals surface area contributed by atoms with Gasteiger partial charge in [-0.05, 0) is 91.8 Å². The van der Waals surface area contributed by atoms with Crippen molar-refractivity contribution < 1.29 is 48.7 Å². The molecule has 0 saturated heterocycles. The van der Waals surface area contributed by atoms with Gasteiger partial charge < -0.3 is 44.0 Å². The number of unbranched alkanes of at least 4 members (excludes halogenated alkanes) is 2. The fourth-order valence-electron chi connectivity index (χ4n) is 9.57. The van der Waals surface area contributed by atoms with Crippen LogP contribution in [0.2, 0.25) is 0 Å². The van der Waals surface area contributed by atoms with E-state index < -0.39 is 17.7 Å². The second kappa shape index (κ2) is 21.3. The van der Waals surface area contributed by atoms with Gasteiger partial charge in [-0.2, -0.15) is 0 Å². The van der Waals surface area contributed by atoms with E-state index in [1.807, 2.05) is 59.5 Å². The maximum absolute atomic E-state index is 14.6. The van der Waals surface area contributed by atoms with Gasteiger partial charge in [0, 0.05) is 49.1 Å². The fourth-order valence-corrected chi connectivity index (χ4v) is 9.57. The first kappa shape index (κ1) is 44.2. The van der Waals surface area contributed by atoms with E-state index >= 15 is 0 Å². The number of fused-ring (bicyclic) bond motifs is 2. The summed E-state index contributed by atoms with van der Waals surface area (Å²) in [4.78, 5) is 34.3. The van der Waals surface area contributed by atoms with Crippen LogP contribution < -0.4 is 9.47 Å². The number of amides is 1. The van der Waals surface area contributed by atoms with Gasteiger partial charge in [0.2, 0.25) is 11.7 Å². The fraction of sp³-hybridized carbons (Fsp3) is 0.490. The molecule has 4 aliphatic rings. The largest absolute Gasteiger partial charge is 0.459 e. The molecule has 2 saturated carbocycles. The molecular formula is C49H60N2O10. The van der Waals surface area contributed by atoms with Crippen molar-refractivity contribution >= 4 is 17.9 Å². The molecule has 3 N–H and O–H groups in total. The molecule has 6 atom stereocenters. The van der Waals surface area contributed by atoms with Crippen LogP contribution in [0.3, 0.4) is 0 Å². The Bertz CT molecular complexity index is 2000. The Morgan fingerprint density at radius 3 is 2.44 bits per heavy atom. The first-order chi connectivity index (χ1) is 29.9. The highest BCUT2D eigenvalue weighted by Crippen LogP contribution is 2.62. The molecule has 1 heterocycles. The molecule has 0 spiro atoms. The van der Waals surface area contributed by atoms with Crippen LogP contribution in [-0.2, 0) is 25.7 Å². The zero-order chi connectivity index (χ0) is 42.6. The van der Waals surface area contributed by atoms with Crippen LogP contribution >= 0.6 is 0 Å². The molecule has 6 unspecified atom stereocenters. The average Bonchev–Trinajstić information content (AvgIpc) is 4.14. The summed E-state index contributed by atoms with van der Waals surface area (Å²) in [5.74, 6) is -0.430. The Morgan fingerprint density at radius 2 is 1.70 bits per heavy atom. The number of aliphatic hydroxyl groups excluding tert-OH is 3. The number of nitrogens with zero attached hydrogens (tertiary/aromatic N) is 2. The van der Waals surface area contributed by atoms with Gasteiger partial charge in [-0.25, -0.2) is 0 Å². The molecule has 7 rings (SSSR count). The molecule has 12 nitrogen and oxygen atoms in total. The third-order valence-corrected chi connectivity index (χ3v) is 12.4. The van der Waals surface area contributed by atoms with Crippen LogP contribution in [0.15, 0.2) is 102 Å². The number of oxime groups is 1. The minimum atomic E-state index is -1.40. The summed E-state index contributed by atoms with van der Waals surface area (Å²) < 4.78 is 26.7. The molecule has 0 bridgehead atoms. The summed E-state index contributed by atoms with van der Waals surface area (Å²) in [5, 5.41) is 34.3. The zero-order valence-electron chi connectivity index (χ0n) is 34.9. The van der Waals surface area contributed by atoms with Crippen molar-refractivity contribution in [2.45, 2.75) is 82.1 Å². The quantitative estimate of drug-likeness (QED) is 0.0360. The van der Waals surface area contributed by atoms with E-state index in [9.17, 15) is 24.9 Å². The minimum Gasteiger partial charge on any atom is -0.459 e. The number of ether oxygens (including phenoxy) is 4. The van der Waals surface area contributed by atoms with E-state index in [1.54, 1.807) is 24.3 Å². The van der Waals surface area contributed by atoms with E-state index in [-0.39, 0.29) is 88.8 Å². The van der Waals surface area contributed by atoms with Crippen molar-refractivity contribution in [3.63, 3.8) is 0 Å². The van der Waals surface area contributed by atoms with Gasteiger partial charge in [-0.15, -0.1) is 6.58 Å². The van der Waals surface area contributed by atoms with Gasteiger partial charge in [0.25, 0.3) is 0 Å². The Labute approximate surface area is 358 Å². The SMILES string of the molecule is C=CCOC12Oc3ccc(Oc4cccc(C=O)c4)cc3C3C(CCCCO)C(CCCCO)C=C(C(=NOCc4ccccc4)CC1N(CCOCCO)C(=O)C1CC1)C32. The van der Waals surface area contributed by atoms with Crippen molar-refractivity contribution in [2.24, 2.45) is 28.8 Å². The highest BCUT2D eigenvalue weighted by molar-refractivity contribution is 6.03. The van der Waals surface area contributed by atoms with E-state index in [2.05, 4.69) is 12.7 Å². The van der Waals surface area contributed by atoms with Gasteiger partial charge in [0.1, 0.15) is 36.2 Å². The van der Waals surface area contributed by atoms with Crippen molar-refractivity contribution in [3.05, 3.63) is 114 Å². The highest BCUT2D eigenvalue weighted by Gasteiger charge is 2.66. The first-order valence-corrected chi connectivity index (χ1v) is 21.9. The van der Waals surface area contributed by atoms with Gasteiger partial charge in [0.15, 0.2) is 0 Å². The van der Waals surface area contributed by atoms with Gasteiger partial charge in [0.05, 0.1) is 38.1 Å². The highest BCUT2D eigenvalue weighted by atomic mass is 16.7. The van der Waals surface area contributed by atoms with Crippen LogP contribution in [0, 0.1) is 23.7 Å². The summed E-state index contributed by atoms with van der Waals surface area (Å²) in [6.45, 7) is 5.08. The predicted octanol–water partition coefficient (Wildman–Crippen LogP) is 7.37. The number of aliphatic hydroxyl groups is 3. The van der Waals surface area contributed by atoms with E-state index in [4.69, 9.17) is 28.9 Å². The number of rotatable bonds is 24. The Balaban J connectivity index is 1.42. The molecule has 3 aliphatic carbocycles. The third kappa shape index (κ3) is 10.3. The molecule has 1 aliphatic heterocycles. The minimum absolute atomic E-state index is 0.000551. The zero-order valence-corrected chi connectivity index (χ0v) is 34.9. The van der Waals surface area contributed by atoms with Crippen molar-refractivity contribution in [1.29, 1.82) is 0 Å². The normalized spacial score (nSPS) is 24.5. The van der Waals surface area contributed by atoms with Crippen LogP contribution in [0.4, 0.5) is 0 Å². The molecule has 3 aromatic rings. The Kier molecular flexibility index (Phi) is 15.4. The summed E-state index contributed by atoms with van der Waals surface area (Å²) in [6.07, 6.45) is 11.2. The Hall–Kier alpha value is -4.85. The topological polar surface area (TPSA) is 157 Å². The van der Waals surface area contributed by atoms with Gasteiger partial charge >= 0.3 is 0 Å². The smallest absolute Gasteiger partial charge is 0.239 e. The lowest BCUT2D eigenvalue weighted by molar-refractivity contribution is -0.258. The molecule has 2 fully saturated rings. The number of aldehydes is 1.